The molecular formula is C21H20N4O3S. The molecule has 1 amide bonds. The zero-order valence-electron chi connectivity index (χ0n) is 16.3. The average molecular weight is 408 g/mol. The van der Waals surface area contributed by atoms with E-state index in [1.165, 1.54) is 11.8 Å². The molecule has 0 spiro atoms. The van der Waals surface area contributed by atoms with E-state index in [1.807, 2.05) is 49.6 Å². The van der Waals surface area contributed by atoms with Gasteiger partial charge in [0.05, 0.1) is 16.6 Å². The number of rotatable bonds is 5. The van der Waals surface area contributed by atoms with Gasteiger partial charge in [-0.05, 0) is 50.6 Å². The van der Waals surface area contributed by atoms with Gasteiger partial charge in [-0.25, -0.2) is 0 Å². The van der Waals surface area contributed by atoms with Gasteiger partial charge in [0, 0.05) is 5.56 Å². The maximum atomic E-state index is 13.0. The van der Waals surface area contributed by atoms with Crippen molar-refractivity contribution < 1.29 is 14.3 Å². The second-order valence-electron chi connectivity index (χ2n) is 6.82. The van der Waals surface area contributed by atoms with Crippen LogP contribution in [0.2, 0.25) is 0 Å². The zero-order valence-corrected chi connectivity index (χ0v) is 17.1. The first-order valence-electron chi connectivity index (χ1n) is 9.19. The van der Waals surface area contributed by atoms with Crippen LogP contribution in [0.3, 0.4) is 0 Å². The van der Waals surface area contributed by atoms with Crippen LogP contribution in [0, 0.1) is 13.8 Å². The summed E-state index contributed by atoms with van der Waals surface area (Å²) < 4.78 is 7.32. The van der Waals surface area contributed by atoms with Crippen molar-refractivity contribution in [2.45, 2.75) is 31.2 Å². The average Bonchev–Trinajstić information content (AvgIpc) is 3.07. The van der Waals surface area contributed by atoms with Gasteiger partial charge in [0.2, 0.25) is 0 Å². The topological polar surface area (TPSA) is 86.1 Å². The van der Waals surface area contributed by atoms with E-state index in [2.05, 4.69) is 15.5 Å². The van der Waals surface area contributed by atoms with Crippen molar-refractivity contribution in [1.29, 1.82) is 0 Å². The Hall–Kier alpha value is -3.13. The number of amides is 1. The number of ether oxygens (including phenoxy) is 1. The fraction of sp³-hybridized carbons (Fsp3) is 0.238. The molecule has 0 saturated carbocycles. The smallest absolute Gasteiger partial charge is 0.262 e. The summed E-state index contributed by atoms with van der Waals surface area (Å²) in [5.74, 6) is 1.03. The molecule has 29 heavy (non-hydrogen) atoms. The predicted octanol–water partition coefficient (Wildman–Crippen LogP) is 3.58. The van der Waals surface area contributed by atoms with Gasteiger partial charge >= 0.3 is 0 Å². The minimum absolute atomic E-state index is 0.0134. The number of carbonyl (C=O) groups is 2. The van der Waals surface area contributed by atoms with Crippen LogP contribution in [0.5, 0.6) is 5.75 Å². The summed E-state index contributed by atoms with van der Waals surface area (Å²) in [5.41, 5.74) is 3.11. The number of benzene rings is 2. The number of nitrogens with zero attached hydrogens (tertiary/aromatic N) is 3. The van der Waals surface area contributed by atoms with Gasteiger partial charge in [-0.1, -0.05) is 30.0 Å². The number of thioether (sulfide) groups is 1. The Labute approximate surface area is 172 Å². The van der Waals surface area contributed by atoms with E-state index in [-0.39, 0.29) is 23.5 Å². The number of fused-ring (bicyclic) bond motifs is 1. The summed E-state index contributed by atoms with van der Waals surface area (Å²) in [5, 5.41) is 11.5. The molecule has 4 rings (SSSR count). The number of nitrogens with one attached hydrogen (secondary N) is 1. The molecule has 1 aliphatic heterocycles. The number of hydrogen-bond donors (Lipinski definition) is 1. The molecule has 0 bridgehead atoms. The first-order valence-corrected chi connectivity index (χ1v) is 10.1. The van der Waals surface area contributed by atoms with Crippen LogP contribution in [-0.2, 0) is 4.79 Å². The Balaban J connectivity index is 1.59. The summed E-state index contributed by atoms with van der Waals surface area (Å²) >= 11 is 1.36. The fourth-order valence-electron chi connectivity index (χ4n) is 3.19. The van der Waals surface area contributed by atoms with Crippen molar-refractivity contribution in [3.63, 3.8) is 0 Å². The largest absolute Gasteiger partial charge is 0.482 e. The van der Waals surface area contributed by atoms with Gasteiger partial charge < -0.3 is 10.1 Å². The third-order valence-corrected chi connectivity index (χ3v) is 5.74. The number of carbonyl (C=O) groups excluding carboxylic acids is 2. The Morgan fingerprint density at radius 1 is 1.21 bits per heavy atom. The number of Topliss-reactive ketones (excluding diaryl/α,β-unsaturated/α-hetero) is 1. The maximum Gasteiger partial charge on any atom is 0.262 e. The monoisotopic (exact) mass is 408 g/mol. The van der Waals surface area contributed by atoms with Crippen molar-refractivity contribution in [3.8, 4) is 11.4 Å². The summed E-state index contributed by atoms with van der Waals surface area (Å²) in [6.07, 6.45) is 0. The van der Waals surface area contributed by atoms with Crippen LogP contribution in [0.4, 0.5) is 5.69 Å². The third-order valence-electron chi connectivity index (χ3n) is 4.70. The van der Waals surface area contributed by atoms with Crippen molar-refractivity contribution in [2.75, 3.05) is 11.9 Å². The number of aryl methyl sites for hydroxylation is 2. The van der Waals surface area contributed by atoms with Crippen molar-refractivity contribution in [3.05, 3.63) is 59.4 Å². The Morgan fingerprint density at radius 2 is 2.00 bits per heavy atom. The summed E-state index contributed by atoms with van der Waals surface area (Å²) in [4.78, 5) is 24.5. The Morgan fingerprint density at radius 3 is 2.79 bits per heavy atom. The summed E-state index contributed by atoms with van der Waals surface area (Å²) in [7, 11) is 0. The Bertz CT molecular complexity index is 1110. The molecule has 1 unspecified atom stereocenters. The van der Waals surface area contributed by atoms with Gasteiger partial charge in [-0.2, -0.15) is 0 Å². The molecule has 2 heterocycles. The highest BCUT2D eigenvalue weighted by atomic mass is 32.2. The number of aromatic nitrogens is 3. The van der Waals surface area contributed by atoms with Crippen LogP contribution in [0.15, 0.2) is 47.6 Å². The van der Waals surface area contributed by atoms with E-state index < -0.39 is 0 Å². The van der Waals surface area contributed by atoms with Gasteiger partial charge in [0.1, 0.15) is 11.6 Å². The molecule has 0 radical (unpaired) electrons. The van der Waals surface area contributed by atoms with Gasteiger partial charge in [0.15, 0.2) is 17.5 Å². The minimum Gasteiger partial charge on any atom is -0.482 e. The Kier molecular flexibility index (Phi) is 5.10. The van der Waals surface area contributed by atoms with Gasteiger partial charge in [-0.3, -0.25) is 14.2 Å². The number of hydrogen-bond acceptors (Lipinski definition) is 6. The molecule has 0 fully saturated rings. The second-order valence-corrected chi connectivity index (χ2v) is 8.13. The van der Waals surface area contributed by atoms with Crippen LogP contribution in [0.1, 0.15) is 28.7 Å². The standard InChI is InChI=1S/C21H20N4O3S/c1-12-6-4-5-7-17(12)25-14(3)23-24-21(25)29-13(2)20(27)15-8-9-18-16(10-15)22-19(26)11-28-18/h4-10,13H,11H2,1-3H3,(H,22,26). The molecule has 2 aromatic carbocycles. The quantitative estimate of drug-likeness (QED) is 0.513. The lowest BCUT2D eigenvalue weighted by molar-refractivity contribution is -0.118. The summed E-state index contributed by atoms with van der Waals surface area (Å²) in [6, 6.07) is 13.1. The molecule has 0 saturated heterocycles. The van der Waals surface area contributed by atoms with Crippen LogP contribution in [-0.4, -0.2) is 38.3 Å². The normalized spacial score (nSPS) is 14.0. The summed E-state index contributed by atoms with van der Waals surface area (Å²) in [6.45, 7) is 5.75. The highest BCUT2D eigenvalue weighted by Gasteiger charge is 2.24. The number of para-hydroxylation sites is 1. The van der Waals surface area contributed by atoms with Crippen molar-refractivity contribution >= 4 is 29.1 Å². The lowest BCUT2D eigenvalue weighted by Crippen LogP contribution is -2.25. The molecule has 1 atom stereocenters. The SMILES string of the molecule is Cc1ccccc1-n1c(C)nnc1SC(C)C(=O)c1ccc2c(c1)NC(=O)CO2. The van der Waals surface area contributed by atoms with Gasteiger partial charge in [0.25, 0.3) is 5.91 Å². The van der Waals surface area contributed by atoms with E-state index in [0.29, 0.717) is 22.2 Å². The first kappa shape index (κ1) is 19.2. The van der Waals surface area contributed by atoms with Crippen LogP contribution in [0.25, 0.3) is 5.69 Å². The van der Waals surface area contributed by atoms with Gasteiger partial charge in [-0.15, -0.1) is 10.2 Å². The molecule has 148 valence electrons. The molecule has 8 heteroatoms. The van der Waals surface area contributed by atoms with E-state index in [0.717, 1.165) is 17.1 Å². The fourth-order valence-corrected chi connectivity index (χ4v) is 4.18. The highest BCUT2D eigenvalue weighted by molar-refractivity contribution is 8.00. The predicted molar refractivity (Wildman–Crippen MR) is 111 cm³/mol. The third kappa shape index (κ3) is 3.75. The molecule has 0 aliphatic carbocycles. The minimum atomic E-state index is -0.389. The molecule has 1 aromatic heterocycles. The number of ketones is 1. The maximum absolute atomic E-state index is 13.0. The molecular weight excluding hydrogens is 388 g/mol. The second kappa shape index (κ2) is 7.71. The molecule has 7 nitrogen and oxygen atoms in total. The number of anilines is 1. The van der Waals surface area contributed by atoms with Crippen LogP contribution < -0.4 is 10.1 Å². The van der Waals surface area contributed by atoms with Crippen LogP contribution >= 0.6 is 11.8 Å². The van der Waals surface area contributed by atoms with E-state index in [9.17, 15) is 9.59 Å². The van der Waals surface area contributed by atoms with E-state index >= 15 is 0 Å². The van der Waals surface area contributed by atoms with Crippen molar-refractivity contribution in [1.82, 2.24) is 14.8 Å². The first-order chi connectivity index (χ1) is 13.9. The molecule has 3 aromatic rings. The van der Waals surface area contributed by atoms with Crippen molar-refractivity contribution in [2.24, 2.45) is 0 Å². The molecule has 1 aliphatic rings. The zero-order chi connectivity index (χ0) is 20.5. The molecule has 1 N–H and O–H groups in total. The lowest BCUT2D eigenvalue weighted by atomic mass is 10.1. The lowest BCUT2D eigenvalue weighted by Gasteiger charge is -2.19. The van der Waals surface area contributed by atoms with E-state index in [4.69, 9.17) is 4.74 Å². The van der Waals surface area contributed by atoms with E-state index in [1.54, 1.807) is 18.2 Å². The highest BCUT2D eigenvalue weighted by Crippen LogP contribution is 2.32.